The lowest BCUT2D eigenvalue weighted by atomic mass is 10.1. The van der Waals surface area contributed by atoms with Crippen LogP contribution in [0.15, 0.2) is 48.5 Å². The largest absolute Gasteiger partial charge is 0.450 e. The van der Waals surface area contributed by atoms with E-state index in [1.165, 1.54) is 5.56 Å². The first-order valence-corrected chi connectivity index (χ1v) is 9.67. The van der Waals surface area contributed by atoms with Crippen molar-refractivity contribution in [2.75, 3.05) is 25.0 Å². The molecule has 0 spiro atoms. The molecule has 0 saturated heterocycles. The molecule has 2 aromatic rings. The quantitative estimate of drug-likeness (QED) is 0.686. The predicted octanol–water partition coefficient (Wildman–Crippen LogP) is 4.03. The zero-order chi connectivity index (χ0) is 20.4. The highest BCUT2D eigenvalue weighted by Crippen LogP contribution is 2.12. The highest BCUT2D eigenvalue weighted by Gasteiger charge is 2.08. The Kier molecular flexibility index (Phi) is 8.49. The number of amides is 2. The van der Waals surface area contributed by atoms with Crippen LogP contribution < -0.4 is 10.6 Å². The molecule has 2 N–H and O–H groups in total. The zero-order valence-electron chi connectivity index (χ0n) is 16.8. The van der Waals surface area contributed by atoms with Crippen molar-refractivity contribution in [2.24, 2.45) is 0 Å². The molecular weight excluding hydrogens is 354 g/mol. The van der Waals surface area contributed by atoms with E-state index in [2.05, 4.69) is 41.5 Å². The molecule has 0 aliphatic carbocycles. The van der Waals surface area contributed by atoms with E-state index in [9.17, 15) is 9.59 Å². The van der Waals surface area contributed by atoms with Gasteiger partial charge in [-0.1, -0.05) is 44.2 Å². The number of rotatable bonds is 9. The summed E-state index contributed by atoms with van der Waals surface area (Å²) < 4.78 is 4.85. The van der Waals surface area contributed by atoms with Crippen molar-refractivity contribution < 1.29 is 14.3 Å². The van der Waals surface area contributed by atoms with E-state index >= 15 is 0 Å². The zero-order valence-corrected chi connectivity index (χ0v) is 16.8. The van der Waals surface area contributed by atoms with Crippen molar-refractivity contribution in [1.82, 2.24) is 10.2 Å². The van der Waals surface area contributed by atoms with Gasteiger partial charge in [0.05, 0.1) is 6.61 Å². The number of hydrogen-bond acceptors (Lipinski definition) is 4. The minimum Gasteiger partial charge on any atom is -0.450 e. The molecule has 0 aliphatic rings. The molecular formula is C22H29N3O3. The molecule has 0 bridgehead atoms. The third-order valence-corrected chi connectivity index (χ3v) is 4.42. The summed E-state index contributed by atoms with van der Waals surface area (Å²) in [5.41, 5.74) is 3.30. The van der Waals surface area contributed by atoms with E-state index in [1.807, 2.05) is 12.1 Å². The van der Waals surface area contributed by atoms with Gasteiger partial charge in [-0.2, -0.15) is 0 Å². The monoisotopic (exact) mass is 383 g/mol. The Bertz CT molecular complexity index is 771. The summed E-state index contributed by atoms with van der Waals surface area (Å²) in [6.07, 6.45) is -0.537. The number of anilines is 1. The Morgan fingerprint density at radius 2 is 1.64 bits per heavy atom. The average Bonchev–Trinajstić information content (AvgIpc) is 2.71. The van der Waals surface area contributed by atoms with E-state index < -0.39 is 6.09 Å². The molecule has 2 amide bonds. The summed E-state index contributed by atoms with van der Waals surface area (Å²) >= 11 is 0. The van der Waals surface area contributed by atoms with Gasteiger partial charge in [0.25, 0.3) is 5.91 Å². The lowest BCUT2D eigenvalue weighted by molar-refractivity contribution is 0.0950. The van der Waals surface area contributed by atoms with Gasteiger partial charge in [-0.15, -0.1) is 0 Å². The second kappa shape index (κ2) is 11.1. The number of nitrogens with zero attached hydrogens (tertiary/aromatic N) is 1. The SMILES string of the molecule is CCOC(=O)Nc1cccc(C(=O)NCc2ccc(CN(CC)CC)cc2)c1. The van der Waals surface area contributed by atoms with Crippen LogP contribution in [0.5, 0.6) is 0 Å². The van der Waals surface area contributed by atoms with Crippen LogP contribution in [0, 0.1) is 0 Å². The first-order chi connectivity index (χ1) is 13.5. The second-order valence-corrected chi connectivity index (χ2v) is 6.39. The molecule has 0 saturated carbocycles. The second-order valence-electron chi connectivity index (χ2n) is 6.39. The van der Waals surface area contributed by atoms with Crippen molar-refractivity contribution in [3.05, 3.63) is 65.2 Å². The van der Waals surface area contributed by atoms with Crippen LogP contribution >= 0.6 is 0 Å². The molecule has 28 heavy (non-hydrogen) atoms. The fourth-order valence-electron chi connectivity index (χ4n) is 2.78. The van der Waals surface area contributed by atoms with Gasteiger partial charge in [0.2, 0.25) is 0 Å². The highest BCUT2D eigenvalue weighted by molar-refractivity contribution is 5.96. The van der Waals surface area contributed by atoms with Gasteiger partial charge in [0.1, 0.15) is 0 Å². The fourth-order valence-corrected chi connectivity index (χ4v) is 2.78. The molecule has 2 rings (SSSR count). The Morgan fingerprint density at radius 1 is 0.964 bits per heavy atom. The van der Waals surface area contributed by atoms with Crippen molar-refractivity contribution >= 4 is 17.7 Å². The van der Waals surface area contributed by atoms with Crippen LogP contribution in [0.25, 0.3) is 0 Å². The highest BCUT2D eigenvalue weighted by atomic mass is 16.5. The molecule has 2 aromatic carbocycles. The molecule has 6 nitrogen and oxygen atoms in total. The van der Waals surface area contributed by atoms with E-state index in [0.717, 1.165) is 25.2 Å². The van der Waals surface area contributed by atoms with Crippen LogP contribution in [0.3, 0.4) is 0 Å². The topological polar surface area (TPSA) is 70.7 Å². The van der Waals surface area contributed by atoms with Crippen LogP contribution in [0.2, 0.25) is 0 Å². The molecule has 0 aliphatic heterocycles. The molecule has 0 fully saturated rings. The molecule has 0 aromatic heterocycles. The molecule has 150 valence electrons. The van der Waals surface area contributed by atoms with Gasteiger partial charge in [-0.3, -0.25) is 15.0 Å². The van der Waals surface area contributed by atoms with Gasteiger partial charge in [0, 0.05) is 24.3 Å². The standard InChI is InChI=1S/C22H29N3O3/c1-4-25(5-2)16-18-12-10-17(11-13-18)15-23-21(26)19-8-7-9-20(14-19)24-22(27)28-6-3/h7-14H,4-6,15-16H2,1-3H3,(H,23,26)(H,24,27). The first kappa shape index (κ1) is 21.4. The van der Waals surface area contributed by atoms with Crippen molar-refractivity contribution in [2.45, 2.75) is 33.9 Å². The number of ether oxygens (including phenoxy) is 1. The summed E-state index contributed by atoms with van der Waals surface area (Å²) in [4.78, 5) is 26.3. The lowest BCUT2D eigenvalue weighted by Crippen LogP contribution is -2.23. The van der Waals surface area contributed by atoms with Crippen molar-refractivity contribution in [3.63, 3.8) is 0 Å². The van der Waals surface area contributed by atoms with Crippen molar-refractivity contribution in [3.8, 4) is 0 Å². The fraction of sp³-hybridized carbons (Fsp3) is 0.364. The first-order valence-electron chi connectivity index (χ1n) is 9.67. The van der Waals surface area contributed by atoms with Gasteiger partial charge in [0.15, 0.2) is 0 Å². The summed E-state index contributed by atoms with van der Waals surface area (Å²) in [5.74, 6) is -0.195. The van der Waals surface area contributed by atoms with E-state index in [1.54, 1.807) is 31.2 Å². The van der Waals surface area contributed by atoms with Gasteiger partial charge < -0.3 is 10.1 Å². The average molecular weight is 383 g/mol. The lowest BCUT2D eigenvalue weighted by Gasteiger charge is -2.18. The minimum atomic E-state index is -0.537. The molecule has 0 unspecified atom stereocenters. The van der Waals surface area contributed by atoms with Crippen LogP contribution in [-0.4, -0.2) is 36.6 Å². The number of benzene rings is 2. The maximum Gasteiger partial charge on any atom is 0.411 e. The number of carbonyl (C=O) groups is 2. The summed E-state index contributed by atoms with van der Waals surface area (Å²) in [6, 6.07) is 15.0. The van der Waals surface area contributed by atoms with Crippen LogP contribution in [0.4, 0.5) is 10.5 Å². The Morgan fingerprint density at radius 3 is 2.29 bits per heavy atom. The van der Waals surface area contributed by atoms with E-state index in [0.29, 0.717) is 24.4 Å². The minimum absolute atomic E-state index is 0.195. The molecule has 0 heterocycles. The normalized spacial score (nSPS) is 10.6. The summed E-state index contributed by atoms with van der Waals surface area (Å²) in [6.45, 7) is 9.77. The van der Waals surface area contributed by atoms with Crippen LogP contribution in [0.1, 0.15) is 42.3 Å². The predicted molar refractivity (Wildman–Crippen MR) is 111 cm³/mol. The van der Waals surface area contributed by atoms with Crippen molar-refractivity contribution in [1.29, 1.82) is 0 Å². The number of hydrogen-bond donors (Lipinski definition) is 2. The van der Waals surface area contributed by atoms with Gasteiger partial charge in [-0.25, -0.2) is 4.79 Å². The number of nitrogens with one attached hydrogen (secondary N) is 2. The molecule has 0 atom stereocenters. The molecule has 0 radical (unpaired) electrons. The van der Waals surface area contributed by atoms with Gasteiger partial charge in [-0.05, 0) is 49.3 Å². The number of carbonyl (C=O) groups excluding carboxylic acids is 2. The third-order valence-electron chi connectivity index (χ3n) is 4.42. The van der Waals surface area contributed by atoms with E-state index in [4.69, 9.17) is 4.74 Å². The molecule has 6 heteroatoms. The van der Waals surface area contributed by atoms with Gasteiger partial charge >= 0.3 is 6.09 Å². The maximum absolute atomic E-state index is 12.4. The Balaban J connectivity index is 1.90. The smallest absolute Gasteiger partial charge is 0.411 e. The van der Waals surface area contributed by atoms with Crippen LogP contribution in [-0.2, 0) is 17.8 Å². The third kappa shape index (κ3) is 6.70. The van der Waals surface area contributed by atoms with E-state index in [-0.39, 0.29) is 5.91 Å². The summed E-state index contributed by atoms with van der Waals surface area (Å²) in [7, 11) is 0. The Labute approximate surface area is 166 Å². The maximum atomic E-state index is 12.4. The summed E-state index contributed by atoms with van der Waals surface area (Å²) in [5, 5.41) is 5.51. The Hall–Kier alpha value is -2.86.